The van der Waals surface area contributed by atoms with Crippen molar-refractivity contribution in [1.29, 1.82) is 0 Å². The van der Waals surface area contributed by atoms with Crippen molar-refractivity contribution in [3.8, 4) is 0 Å². The van der Waals surface area contributed by atoms with Gasteiger partial charge in [-0.3, -0.25) is 19.6 Å². The molecule has 0 atom stereocenters. The monoisotopic (exact) mass is 551 g/mol. The number of anilines is 1. The standard InChI is InChI=1S/C23H23Cl2N5O5S/c1-15-13-22(27-29(15)14-19-20(24)3-2-4-21(19)25)26-23(31)16-9-11-28(12-10-16)36(34,35)18-7-5-17(6-8-18)30(32)33/h2-8,13,16H,9-12,14H2,1H3,(H,26,27,31). The minimum Gasteiger partial charge on any atom is -0.309 e. The van der Waals surface area contributed by atoms with Crippen molar-refractivity contribution < 1.29 is 18.1 Å². The highest BCUT2D eigenvalue weighted by atomic mass is 35.5. The maximum absolute atomic E-state index is 12.9. The molecule has 0 bridgehead atoms. The van der Waals surface area contributed by atoms with Gasteiger partial charge in [0, 0.05) is 58.5 Å². The Bertz CT molecular complexity index is 1380. The van der Waals surface area contributed by atoms with Gasteiger partial charge in [0.15, 0.2) is 5.82 Å². The normalized spacial score (nSPS) is 15.1. The smallest absolute Gasteiger partial charge is 0.269 e. The minimum atomic E-state index is -3.81. The first kappa shape index (κ1) is 26.1. The third-order valence-electron chi connectivity index (χ3n) is 6.11. The van der Waals surface area contributed by atoms with Gasteiger partial charge in [-0.2, -0.15) is 9.40 Å². The molecule has 1 aliphatic rings. The number of nitrogens with zero attached hydrogens (tertiary/aromatic N) is 4. The Kier molecular flexibility index (Phi) is 7.65. The zero-order valence-electron chi connectivity index (χ0n) is 19.2. The third-order valence-corrected chi connectivity index (χ3v) is 8.73. The number of piperidine rings is 1. The van der Waals surface area contributed by atoms with E-state index in [4.69, 9.17) is 23.2 Å². The number of aromatic nitrogens is 2. The fourth-order valence-corrected chi connectivity index (χ4v) is 6.03. The van der Waals surface area contributed by atoms with Gasteiger partial charge in [-0.25, -0.2) is 8.42 Å². The van der Waals surface area contributed by atoms with Crippen LogP contribution in [0.25, 0.3) is 0 Å². The Hall–Kier alpha value is -2.99. The van der Waals surface area contributed by atoms with Crippen molar-refractivity contribution >= 4 is 50.6 Å². The molecule has 0 saturated carbocycles. The van der Waals surface area contributed by atoms with E-state index in [1.807, 2.05) is 6.92 Å². The van der Waals surface area contributed by atoms with Gasteiger partial charge in [-0.1, -0.05) is 29.3 Å². The zero-order chi connectivity index (χ0) is 26.0. The zero-order valence-corrected chi connectivity index (χ0v) is 21.6. The summed E-state index contributed by atoms with van der Waals surface area (Å²) in [6.45, 7) is 2.53. The van der Waals surface area contributed by atoms with Crippen LogP contribution in [-0.2, 0) is 21.4 Å². The predicted octanol–water partition coefficient (Wildman–Crippen LogP) is 4.49. The molecule has 10 nitrogen and oxygen atoms in total. The molecule has 0 spiro atoms. The molecule has 1 amide bonds. The number of halogens is 2. The predicted molar refractivity (Wildman–Crippen MR) is 136 cm³/mol. The number of nitrogens with one attached hydrogen (secondary N) is 1. The second-order valence-corrected chi connectivity index (χ2v) is 11.2. The summed E-state index contributed by atoms with van der Waals surface area (Å²) in [5.74, 6) is -0.221. The van der Waals surface area contributed by atoms with Crippen LogP contribution in [0.4, 0.5) is 11.5 Å². The summed E-state index contributed by atoms with van der Waals surface area (Å²) in [6.07, 6.45) is 0.680. The Balaban J connectivity index is 1.37. The lowest BCUT2D eigenvalue weighted by Gasteiger charge is -2.30. The summed E-state index contributed by atoms with van der Waals surface area (Å²) in [5.41, 5.74) is 1.36. The number of sulfonamides is 1. The van der Waals surface area contributed by atoms with Crippen LogP contribution in [0.2, 0.25) is 10.0 Å². The van der Waals surface area contributed by atoms with Gasteiger partial charge in [-0.15, -0.1) is 0 Å². The van der Waals surface area contributed by atoms with E-state index in [0.717, 1.165) is 23.4 Å². The molecule has 36 heavy (non-hydrogen) atoms. The van der Waals surface area contributed by atoms with E-state index in [-0.39, 0.29) is 35.5 Å². The Morgan fingerprint density at radius 3 is 2.33 bits per heavy atom. The van der Waals surface area contributed by atoms with E-state index in [2.05, 4.69) is 10.4 Å². The van der Waals surface area contributed by atoms with Crippen LogP contribution in [0.1, 0.15) is 24.1 Å². The molecule has 4 rings (SSSR count). The minimum absolute atomic E-state index is 0.0179. The molecule has 2 heterocycles. The highest BCUT2D eigenvalue weighted by molar-refractivity contribution is 7.89. The second-order valence-electron chi connectivity index (χ2n) is 8.45. The van der Waals surface area contributed by atoms with Crippen LogP contribution in [0, 0.1) is 23.0 Å². The number of carbonyl (C=O) groups is 1. The van der Waals surface area contributed by atoms with Crippen molar-refractivity contribution in [2.45, 2.75) is 31.2 Å². The maximum Gasteiger partial charge on any atom is 0.269 e. The molecule has 1 aromatic heterocycles. The number of hydrogen-bond donors (Lipinski definition) is 1. The maximum atomic E-state index is 12.9. The average molecular weight is 552 g/mol. The van der Waals surface area contributed by atoms with Crippen LogP contribution < -0.4 is 5.32 Å². The fraction of sp³-hybridized carbons (Fsp3) is 0.304. The molecular formula is C23H23Cl2N5O5S. The summed E-state index contributed by atoms with van der Waals surface area (Å²) >= 11 is 12.5. The van der Waals surface area contributed by atoms with Crippen molar-refractivity contribution in [2.24, 2.45) is 5.92 Å². The lowest BCUT2D eigenvalue weighted by Crippen LogP contribution is -2.41. The van der Waals surface area contributed by atoms with E-state index in [0.29, 0.717) is 35.2 Å². The van der Waals surface area contributed by atoms with E-state index in [9.17, 15) is 23.3 Å². The Morgan fingerprint density at radius 1 is 1.14 bits per heavy atom. The van der Waals surface area contributed by atoms with Crippen LogP contribution in [-0.4, -0.2) is 46.4 Å². The molecule has 0 aliphatic carbocycles. The topological polar surface area (TPSA) is 127 Å². The van der Waals surface area contributed by atoms with E-state index >= 15 is 0 Å². The number of aryl methyl sites for hydroxylation is 1. The molecule has 190 valence electrons. The van der Waals surface area contributed by atoms with Crippen molar-refractivity contribution in [2.75, 3.05) is 18.4 Å². The van der Waals surface area contributed by atoms with Gasteiger partial charge in [0.1, 0.15) is 0 Å². The number of hydrogen-bond acceptors (Lipinski definition) is 6. The number of amides is 1. The van der Waals surface area contributed by atoms with Crippen LogP contribution in [0.3, 0.4) is 0 Å². The van der Waals surface area contributed by atoms with Crippen molar-refractivity contribution in [3.63, 3.8) is 0 Å². The first-order valence-corrected chi connectivity index (χ1v) is 13.3. The molecule has 3 aromatic rings. The number of carbonyl (C=O) groups excluding carboxylic acids is 1. The van der Waals surface area contributed by atoms with E-state index in [1.165, 1.54) is 16.4 Å². The molecule has 13 heteroatoms. The summed E-state index contributed by atoms with van der Waals surface area (Å²) in [5, 5.41) is 19.1. The van der Waals surface area contributed by atoms with E-state index < -0.39 is 14.9 Å². The molecule has 1 fully saturated rings. The molecule has 1 saturated heterocycles. The molecule has 1 aliphatic heterocycles. The first-order valence-electron chi connectivity index (χ1n) is 11.1. The number of non-ortho nitro benzene ring substituents is 1. The lowest BCUT2D eigenvalue weighted by atomic mass is 9.97. The Morgan fingerprint density at radius 2 is 1.75 bits per heavy atom. The van der Waals surface area contributed by atoms with Crippen LogP contribution in [0.5, 0.6) is 0 Å². The lowest BCUT2D eigenvalue weighted by molar-refractivity contribution is -0.384. The number of benzene rings is 2. The summed E-state index contributed by atoms with van der Waals surface area (Å²) in [4.78, 5) is 23.1. The molecule has 0 radical (unpaired) electrons. The van der Waals surface area contributed by atoms with Crippen molar-refractivity contribution in [1.82, 2.24) is 14.1 Å². The summed E-state index contributed by atoms with van der Waals surface area (Å²) in [6, 6.07) is 11.8. The van der Waals surface area contributed by atoms with Gasteiger partial charge < -0.3 is 5.32 Å². The fourth-order valence-electron chi connectivity index (χ4n) is 4.04. The third kappa shape index (κ3) is 5.54. The number of nitro benzene ring substituents is 1. The molecular weight excluding hydrogens is 529 g/mol. The molecule has 2 aromatic carbocycles. The van der Waals surface area contributed by atoms with Gasteiger partial charge >= 0.3 is 0 Å². The van der Waals surface area contributed by atoms with Crippen LogP contribution in [0.15, 0.2) is 53.4 Å². The second kappa shape index (κ2) is 10.6. The number of nitro groups is 1. The highest BCUT2D eigenvalue weighted by Crippen LogP contribution is 2.28. The quantitative estimate of drug-likeness (QED) is 0.340. The van der Waals surface area contributed by atoms with Gasteiger partial charge in [-0.05, 0) is 44.0 Å². The van der Waals surface area contributed by atoms with Gasteiger partial charge in [0.2, 0.25) is 15.9 Å². The number of rotatable bonds is 7. The van der Waals surface area contributed by atoms with E-state index in [1.54, 1.807) is 28.9 Å². The van der Waals surface area contributed by atoms with Crippen LogP contribution >= 0.6 is 23.2 Å². The van der Waals surface area contributed by atoms with Gasteiger partial charge in [0.05, 0.1) is 16.4 Å². The average Bonchev–Trinajstić information content (AvgIpc) is 3.19. The largest absolute Gasteiger partial charge is 0.309 e. The Labute approximate surface area is 218 Å². The first-order chi connectivity index (χ1) is 17.1. The van der Waals surface area contributed by atoms with Gasteiger partial charge in [0.25, 0.3) is 5.69 Å². The summed E-state index contributed by atoms with van der Waals surface area (Å²) in [7, 11) is -3.81. The summed E-state index contributed by atoms with van der Waals surface area (Å²) < 4.78 is 28.8. The molecule has 0 unspecified atom stereocenters. The van der Waals surface area contributed by atoms with Crippen molar-refractivity contribution in [3.05, 3.63) is 79.9 Å². The molecule has 1 N–H and O–H groups in total. The highest BCUT2D eigenvalue weighted by Gasteiger charge is 2.32. The SMILES string of the molecule is Cc1cc(NC(=O)C2CCN(S(=O)(=O)c3ccc([N+](=O)[O-])cc3)CC2)nn1Cc1c(Cl)cccc1Cl.